The number of Topliss-reactive ketones (excluding diaryl/α,β-unsaturated/α-hetero) is 1. The van der Waals surface area contributed by atoms with Crippen LogP contribution in [0.25, 0.3) is 0 Å². The minimum absolute atomic E-state index is 0.121. The van der Waals surface area contributed by atoms with Crippen LogP contribution in [0.4, 0.5) is 0 Å². The van der Waals surface area contributed by atoms with E-state index in [0.29, 0.717) is 24.0 Å². The van der Waals surface area contributed by atoms with Crippen molar-refractivity contribution in [1.29, 1.82) is 0 Å². The number of fused-ring (bicyclic) bond motifs is 5. The lowest BCUT2D eigenvalue weighted by Gasteiger charge is -2.57. The van der Waals surface area contributed by atoms with Crippen molar-refractivity contribution >= 4 is 5.78 Å². The molecule has 0 bridgehead atoms. The van der Waals surface area contributed by atoms with E-state index in [2.05, 4.69) is 19.9 Å². The molecule has 3 nitrogen and oxygen atoms in total. The van der Waals surface area contributed by atoms with Gasteiger partial charge >= 0.3 is 0 Å². The van der Waals surface area contributed by atoms with Gasteiger partial charge in [-0.25, -0.2) is 0 Å². The first-order valence-electron chi connectivity index (χ1n) is 8.96. The van der Waals surface area contributed by atoms with Gasteiger partial charge in [-0.2, -0.15) is 0 Å². The van der Waals surface area contributed by atoms with E-state index >= 15 is 0 Å². The van der Waals surface area contributed by atoms with Gasteiger partial charge in [0.2, 0.25) is 0 Å². The largest absolute Gasteiger partial charge is 0.393 e. The molecule has 0 aliphatic heterocycles. The molecule has 3 heteroatoms. The first-order valence-corrected chi connectivity index (χ1v) is 8.96. The van der Waals surface area contributed by atoms with Crippen LogP contribution in [0.1, 0.15) is 58.8 Å². The van der Waals surface area contributed by atoms with Gasteiger partial charge in [-0.1, -0.05) is 25.5 Å². The standard InChI is InChI=1S/C19H28O3/c1-18-7-5-12(20)9-11(18)10-15(21)17-13-3-4-16(22)19(13,2)8-6-14(17)18/h6,11-13,15,17,20-21H,3-5,7-10H2,1-2H3/t11-,12+,13?,15+,17?,18-,19-/m0/s1. The summed E-state index contributed by atoms with van der Waals surface area (Å²) in [4.78, 5) is 12.4. The number of hydrogen-bond acceptors (Lipinski definition) is 3. The van der Waals surface area contributed by atoms with Gasteiger partial charge in [0.25, 0.3) is 0 Å². The first kappa shape index (κ1) is 14.9. The topological polar surface area (TPSA) is 57.5 Å². The third-order valence-electron chi connectivity index (χ3n) is 7.73. The number of carbonyl (C=O) groups is 1. The van der Waals surface area contributed by atoms with Gasteiger partial charge in [-0.15, -0.1) is 0 Å². The molecule has 22 heavy (non-hydrogen) atoms. The molecule has 4 aliphatic rings. The summed E-state index contributed by atoms with van der Waals surface area (Å²) in [5.41, 5.74) is 1.29. The fourth-order valence-electron chi connectivity index (χ4n) is 6.25. The van der Waals surface area contributed by atoms with E-state index in [1.165, 1.54) is 5.57 Å². The Kier molecular flexibility index (Phi) is 3.16. The Morgan fingerprint density at radius 1 is 1.14 bits per heavy atom. The van der Waals surface area contributed by atoms with E-state index in [1.54, 1.807) is 0 Å². The maximum Gasteiger partial charge on any atom is 0.139 e. The van der Waals surface area contributed by atoms with Crippen molar-refractivity contribution in [2.45, 2.75) is 71.0 Å². The third kappa shape index (κ3) is 1.78. The van der Waals surface area contributed by atoms with E-state index in [9.17, 15) is 15.0 Å². The number of rotatable bonds is 0. The number of hydrogen-bond donors (Lipinski definition) is 2. The number of aliphatic hydroxyl groups excluding tert-OH is 2. The molecule has 4 rings (SSSR count). The van der Waals surface area contributed by atoms with Crippen molar-refractivity contribution in [3.8, 4) is 0 Å². The van der Waals surface area contributed by atoms with Crippen LogP contribution in [0, 0.1) is 28.6 Å². The Bertz CT molecular complexity index is 539. The molecule has 7 atom stereocenters. The Hall–Kier alpha value is -0.670. The molecule has 3 fully saturated rings. The van der Waals surface area contributed by atoms with Crippen LogP contribution in [-0.4, -0.2) is 28.2 Å². The molecule has 2 unspecified atom stereocenters. The maximum absolute atomic E-state index is 12.4. The van der Waals surface area contributed by atoms with Gasteiger partial charge in [0, 0.05) is 17.8 Å². The van der Waals surface area contributed by atoms with Crippen molar-refractivity contribution in [2.75, 3.05) is 0 Å². The number of allylic oxidation sites excluding steroid dienone is 1. The molecule has 0 aromatic heterocycles. The van der Waals surface area contributed by atoms with Crippen LogP contribution in [0.2, 0.25) is 0 Å². The van der Waals surface area contributed by atoms with Gasteiger partial charge < -0.3 is 10.2 Å². The molecule has 0 spiro atoms. The van der Waals surface area contributed by atoms with Crippen LogP contribution in [0.5, 0.6) is 0 Å². The monoisotopic (exact) mass is 304 g/mol. The maximum atomic E-state index is 12.4. The number of ketones is 1. The summed E-state index contributed by atoms with van der Waals surface area (Å²) >= 11 is 0. The molecule has 0 radical (unpaired) electrons. The molecule has 4 aliphatic carbocycles. The van der Waals surface area contributed by atoms with E-state index in [-0.39, 0.29) is 29.0 Å². The SMILES string of the molecule is C[C@]12CC=C3C(C1CCC2=O)[C@H](O)C[C@@H]1C[C@H](O)CC[C@]31C. The van der Waals surface area contributed by atoms with Crippen LogP contribution < -0.4 is 0 Å². The summed E-state index contributed by atoms with van der Waals surface area (Å²) in [5, 5.41) is 20.9. The van der Waals surface area contributed by atoms with E-state index < -0.39 is 0 Å². The fraction of sp³-hybridized carbons (Fsp3) is 0.842. The Labute approximate surface area is 132 Å². The molecular weight excluding hydrogens is 276 g/mol. The summed E-state index contributed by atoms with van der Waals surface area (Å²) in [6.07, 6.45) is 7.72. The molecule has 0 aromatic carbocycles. The van der Waals surface area contributed by atoms with Gasteiger partial charge in [0.1, 0.15) is 5.78 Å². The van der Waals surface area contributed by atoms with Crippen LogP contribution in [0.15, 0.2) is 11.6 Å². The Morgan fingerprint density at radius 3 is 2.68 bits per heavy atom. The third-order valence-corrected chi connectivity index (χ3v) is 7.73. The predicted octanol–water partition coefficient (Wildman–Crippen LogP) is 2.85. The lowest BCUT2D eigenvalue weighted by Crippen LogP contribution is -2.53. The Morgan fingerprint density at radius 2 is 1.91 bits per heavy atom. The normalized spacial score (nSPS) is 54.3. The smallest absolute Gasteiger partial charge is 0.139 e. The quantitative estimate of drug-likeness (QED) is 0.677. The molecule has 3 saturated carbocycles. The second-order valence-corrected chi connectivity index (χ2v) is 8.72. The second kappa shape index (κ2) is 4.67. The highest BCUT2D eigenvalue weighted by Gasteiger charge is 2.59. The van der Waals surface area contributed by atoms with Crippen molar-refractivity contribution in [1.82, 2.24) is 0 Å². The predicted molar refractivity (Wildman–Crippen MR) is 84.1 cm³/mol. The molecule has 0 amide bonds. The van der Waals surface area contributed by atoms with Crippen molar-refractivity contribution in [3.63, 3.8) is 0 Å². The minimum Gasteiger partial charge on any atom is -0.393 e. The zero-order valence-electron chi connectivity index (χ0n) is 13.7. The van der Waals surface area contributed by atoms with Gasteiger partial charge in [0.15, 0.2) is 0 Å². The zero-order chi connectivity index (χ0) is 15.7. The number of aliphatic hydroxyl groups is 2. The Balaban J connectivity index is 1.75. The fourth-order valence-corrected chi connectivity index (χ4v) is 6.25. The summed E-state index contributed by atoms with van der Waals surface area (Å²) < 4.78 is 0. The van der Waals surface area contributed by atoms with Gasteiger partial charge in [-0.3, -0.25) is 4.79 Å². The summed E-state index contributed by atoms with van der Waals surface area (Å²) in [6, 6.07) is 0. The molecule has 2 N–H and O–H groups in total. The molecule has 0 saturated heterocycles. The van der Waals surface area contributed by atoms with E-state index in [0.717, 1.165) is 38.5 Å². The van der Waals surface area contributed by atoms with Crippen molar-refractivity contribution < 1.29 is 15.0 Å². The second-order valence-electron chi connectivity index (χ2n) is 8.72. The molecule has 0 aromatic rings. The van der Waals surface area contributed by atoms with E-state index in [4.69, 9.17) is 0 Å². The van der Waals surface area contributed by atoms with Crippen LogP contribution in [0.3, 0.4) is 0 Å². The van der Waals surface area contributed by atoms with Crippen molar-refractivity contribution in [3.05, 3.63) is 11.6 Å². The average molecular weight is 304 g/mol. The van der Waals surface area contributed by atoms with Gasteiger partial charge in [-0.05, 0) is 55.8 Å². The van der Waals surface area contributed by atoms with E-state index in [1.807, 2.05) is 0 Å². The number of carbonyl (C=O) groups excluding carboxylic acids is 1. The van der Waals surface area contributed by atoms with Crippen molar-refractivity contribution in [2.24, 2.45) is 28.6 Å². The van der Waals surface area contributed by atoms with Crippen LogP contribution in [-0.2, 0) is 4.79 Å². The minimum atomic E-state index is -0.342. The summed E-state index contributed by atoms with van der Waals surface area (Å²) in [5.74, 6) is 1.27. The lowest BCUT2D eigenvalue weighted by molar-refractivity contribution is -0.129. The molecular formula is C19H28O3. The molecule has 122 valence electrons. The zero-order valence-corrected chi connectivity index (χ0v) is 13.7. The first-order chi connectivity index (χ1) is 10.4. The summed E-state index contributed by atoms with van der Waals surface area (Å²) in [7, 11) is 0. The van der Waals surface area contributed by atoms with Gasteiger partial charge in [0.05, 0.1) is 12.2 Å². The molecule has 0 heterocycles. The van der Waals surface area contributed by atoms with Crippen LogP contribution >= 0.6 is 0 Å². The highest BCUT2D eigenvalue weighted by atomic mass is 16.3. The highest BCUT2D eigenvalue weighted by molar-refractivity contribution is 5.87. The lowest BCUT2D eigenvalue weighted by atomic mass is 9.48. The average Bonchev–Trinajstić information content (AvgIpc) is 2.77. The summed E-state index contributed by atoms with van der Waals surface area (Å²) in [6.45, 7) is 4.46. The highest BCUT2D eigenvalue weighted by Crippen LogP contribution is 2.63.